The van der Waals surface area contributed by atoms with Crippen LogP contribution in [0.3, 0.4) is 0 Å². The predicted octanol–water partition coefficient (Wildman–Crippen LogP) is 7.42. The fourth-order valence-corrected chi connectivity index (χ4v) is 6.86. The number of alkyl halides is 12. The summed E-state index contributed by atoms with van der Waals surface area (Å²) in [6.45, 7) is 0.314. The summed E-state index contributed by atoms with van der Waals surface area (Å²) in [6.07, 6.45) is -6.75. The van der Waals surface area contributed by atoms with Gasteiger partial charge in [0.05, 0.1) is 0 Å². The van der Waals surface area contributed by atoms with Gasteiger partial charge in [0.2, 0.25) is 5.41 Å². The third kappa shape index (κ3) is 1.62. The van der Waals surface area contributed by atoms with Gasteiger partial charge >= 0.3 is 0 Å². The lowest BCUT2D eigenvalue weighted by Gasteiger charge is -2.79. The normalized spacial score (nSPS) is 45.6. The molecule has 4 atom stereocenters. The van der Waals surface area contributed by atoms with Gasteiger partial charge in [0.25, 0.3) is 35.5 Å². The molecule has 176 valence electrons. The molecule has 12 heteroatoms. The first kappa shape index (κ1) is 23.8. The molecule has 0 aliphatic heterocycles. The Labute approximate surface area is 164 Å². The molecule has 0 aromatic heterocycles. The molecule has 0 N–H and O–H groups in total. The summed E-state index contributed by atoms with van der Waals surface area (Å²) in [4.78, 5) is 0. The standard InChI is InChI=1S/C18H20F12/c1-5-11-7-12(6-2)16(25,26)13(8-11,9(3,19)20)18(29,30)14(10(4,21)22,15(11,23)24)17(12,27)28/h5-8H2,1-4H3. The highest BCUT2D eigenvalue weighted by atomic mass is 19.3. The van der Waals surface area contributed by atoms with Crippen LogP contribution in [0.4, 0.5) is 52.7 Å². The zero-order valence-electron chi connectivity index (χ0n) is 16.4. The van der Waals surface area contributed by atoms with E-state index in [1.807, 2.05) is 0 Å². The predicted molar refractivity (Wildman–Crippen MR) is 80.6 cm³/mol. The van der Waals surface area contributed by atoms with Crippen molar-refractivity contribution in [3.05, 3.63) is 0 Å². The van der Waals surface area contributed by atoms with Gasteiger partial charge in [-0.15, -0.1) is 0 Å². The van der Waals surface area contributed by atoms with Crippen molar-refractivity contribution >= 4 is 0 Å². The summed E-state index contributed by atoms with van der Waals surface area (Å²) < 4.78 is 183. The Morgan fingerprint density at radius 1 is 0.600 bits per heavy atom. The lowest BCUT2D eigenvalue weighted by molar-refractivity contribution is -0.584. The summed E-state index contributed by atoms with van der Waals surface area (Å²) in [7, 11) is 0. The topological polar surface area (TPSA) is 0 Å². The van der Waals surface area contributed by atoms with Crippen LogP contribution in [0.25, 0.3) is 0 Å². The SMILES string of the molecule is CCC12CC3(CC)C(F)(F)C(C(C)(F)F)(C1)C(F)(F)C(C(C)(F)F)(C2(F)F)C3(F)F. The molecular weight excluding hydrogens is 444 g/mol. The highest BCUT2D eigenvalue weighted by Crippen LogP contribution is 2.94. The minimum absolute atomic E-state index is 0.438. The molecule has 0 heterocycles. The molecule has 4 rings (SSSR count). The smallest absolute Gasteiger partial charge is 0.206 e. The Morgan fingerprint density at radius 3 is 1.40 bits per heavy atom. The van der Waals surface area contributed by atoms with Crippen LogP contribution in [-0.2, 0) is 0 Å². The molecule has 0 nitrogen and oxygen atoms in total. The monoisotopic (exact) mass is 464 g/mol. The van der Waals surface area contributed by atoms with Crippen LogP contribution in [0.2, 0.25) is 0 Å². The third-order valence-corrected chi connectivity index (χ3v) is 8.28. The summed E-state index contributed by atoms with van der Waals surface area (Å²) in [6, 6.07) is 0. The second-order valence-electron chi connectivity index (χ2n) is 9.15. The number of hydrogen-bond donors (Lipinski definition) is 0. The lowest BCUT2D eigenvalue weighted by atomic mass is 9.27. The first-order valence-electron chi connectivity index (χ1n) is 9.30. The highest BCUT2D eigenvalue weighted by molar-refractivity contribution is 5.43. The number of rotatable bonds is 4. The Hall–Kier alpha value is -0.840. The number of halogens is 12. The van der Waals surface area contributed by atoms with E-state index in [1.54, 1.807) is 0 Å². The van der Waals surface area contributed by atoms with Crippen LogP contribution in [0.5, 0.6) is 0 Å². The Balaban J connectivity index is 2.72. The molecule has 4 aliphatic carbocycles. The van der Waals surface area contributed by atoms with Crippen molar-refractivity contribution in [2.75, 3.05) is 0 Å². The average molecular weight is 464 g/mol. The quantitative estimate of drug-likeness (QED) is 0.380. The second-order valence-corrected chi connectivity index (χ2v) is 9.15. The molecule has 4 fully saturated rings. The number of hydrogen-bond acceptors (Lipinski definition) is 0. The molecule has 0 aromatic rings. The average Bonchev–Trinajstić information content (AvgIpc) is 2.49. The minimum Gasteiger partial charge on any atom is -0.206 e. The third-order valence-electron chi connectivity index (χ3n) is 8.28. The molecule has 0 amide bonds. The van der Waals surface area contributed by atoms with E-state index in [1.165, 1.54) is 0 Å². The van der Waals surface area contributed by atoms with Crippen molar-refractivity contribution in [3.63, 3.8) is 0 Å². The van der Waals surface area contributed by atoms with E-state index in [-0.39, 0.29) is 0 Å². The van der Waals surface area contributed by atoms with Crippen molar-refractivity contribution in [2.24, 2.45) is 21.7 Å². The van der Waals surface area contributed by atoms with Gasteiger partial charge in [-0.1, -0.05) is 13.8 Å². The van der Waals surface area contributed by atoms with Crippen LogP contribution >= 0.6 is 0 Å². The van der Waals surface area contributed by atoms with Gasteiger partial charge in [0.1, 0.15) is 5.41 Å². The van der Waals surface area contributed by atoms with Gasteiger partial charge in [0, 0.05) is 19.3 Å². The van der Waals surface area contributed by atoms with Crippen LogP contribution in [0.1, 0.15) is 53.4 Å². The maximum Gasteiger partial charge on any atom is 0.288 e. The van der Waals surface area contributed by atoms with Gasteiger partial charge in [-0.2, -0.15) is 0 Å². The highest BCUT2D eigenvalue weighted by Gasteiger charge is 3.11. The fourth-order valence-electron chi connectivity index (χ4n) is 6.86. The van der Waals surface area contributed by atoms with E-state index in [0.29, 0.717) is 6.92 Å². The molecule has 0 aromatic carbocycles. The van der Waals surface area contributed by atoms with Crippen molar-refractivity contribution in [1.82, 2.24) is 0 Å². The first-order valence-corrected chi connectivity index (χ1v) is 9.30. The summed E-state index contributed by atoms with van der Waals surface area (Å²) >= 11 is 0. The van der Waals surface area contributed by atoms with Gasteiger partial charge < -0.3 is 0 Å². The Kier molecular flexibility index (Phi) is 4.13. The van der Waals surface area contributed by atoms with Gasteiger partial charge in [-0.3, -0.25) is 0 Å². The maximum absolute atomic E-state index is 15.5. The van der Waals surface area contributed by atoms with Crippen molar-refractivity contribution in [3.8, 4) is 0 Å². The lowest BCUT2D eigenvalue weighted by Crippen LogP contribution is -2.97. The van der Waals surface area contributed by atoms with Crippen molar-refractivity contribution in [1.29, 1.82) is 0 Å². The molecule has 30 heavy (non-hydrogen) atoms. The van der Waals surface area contributed by atoms with E-state index < -0.39 is 96.7 Å². The van der Waals surface area contributed by atoms with Crippen LogP contribution < -0.4 is 0 Å². The summed E-state index contributed by atoms with van der Waals surface area (Å²) in [5.41, 5.74) is -18.8. The minimum atomic E-state index is -6.54. The molecule has 4 bridgehead atoms. The summed E-state index contributed by atoms with van der Waals surface area (Å²) in [5, 5.41) is 0. The van der Waals surface area contributed by atoms with E-state index in [4.69, 9.17) is 0 Å². The molecular formula is C18H20F12. The van der Waals surface area contributed by atoms with Crippen LogP contribution in [0, 0.1) is 21.7 Å². The second kappa shape index (κ2) is 5.21. The molecule has 0 spiro atoms. The van der Waals surface area contributed by atoms with Crippen LogP contribution in [0.15, 0.2) is 0 Å². The van der Waals surface area contributed by atoms with E-state index in [9.17, 15) is 17.6 Å². The van der Waals surface area contributed by atoms with Crippen LogP contribution in [-0.4, -0.2) is 35.5 Å². The van der Waals surface area contributed by atoms with E-state index in [2.05, 4.69) is 0 Å². The first-order chi connectivity index (χ1) is 13.0. The van der Waals surface area contributed by atoms with Gasteiger partial charge in [-0.05, 0) is 25.7 Å². The zero-order chi connectivity index (χ0) is 23.8. The molecule has 0 radical (unpaired) electrons. The Bertz CT molecular complexity index is 760. The van der Waals surface area contributed by atoms with Crippen molar-refractivity contribution < 1.29 is 52.7 Å². The zero-order valence-corrected chi connectivity index (χ0v) is 16.4. The maximum atomic E-state index is 15.5. The summed E-state index contributed by atoms with van der Waals surface area (Å²) in [5.74, 6) is -34.8. The van der Waals surface area contributed by atoms with Crippen molar-refractivity contribution in [2.45, 2.75) is 88.9 Å². The Morgan fingerprint density at radius 2 is 1.07 bits per heavy atom. The fraction of sp³-hybridized carbons (Fsp3) is 1.00. The van der Waals surface area contributed by atoms with Gasteiger partial charge in [-0.25, -0.2) is 52.7 Å². The largest absolute Gasteiger partial charge is 0.288 e. The molecule has 4 saturated carbocycles. The van der Waals surface area contributed by atoms with E-state index in [0.717, 1.165) is 6.92 Å². The molecule has 0 saturated heterocycles. The van der Waals surface area contributed by atoms with E-state index >= 15 is 35.1 Å². The molecule has 4 unspecified atom stereocenters. The van der Waals surface area contributed by atoms with Gasteiger partial charge in [0.15, 0.2) is 5.41 Å². The molecule has 4 aliphatic rings.